The molecule has 0 aliphatic rings. The second kappa shape index (κ2) is 5.16. The van der Waals surface area contributed by atoms with Gasteiger partial charge in [0.2, 0.25) is 0 Å². The number of carboxylic acids is 1. The van der Waals surface area contributed by atoms with Crippen LogP contribution in [0.4, 0.5) is 5.82 Å². The van der Waals surface area contributed by atoms with Crippen LogP contribution in [0.3, 0.4) is 0 Å². The third kappa shape index (κ3) is 2.68. The SMILES string of the molecule is Cc1cc(NC(=O)c2ccn(C(C)C(=O)O)n2)n(C)n1. The van der Waals surface area contributed by atoms with E-state index in [1.807, 2.05) is 6.92 Å². The van der Waals surface area contributed by atoms with E-state index < -0.39 is 17.9 Å². The van der Waals surface area contributed by atoms with Crippen molar-refractivity contribution in [2.75, 3.05) is 5.32 Å². The van der Waals surface area contributed by atoms with Gasteiger partial charge >= 0.3 is 5.97 Å². The van der Waals surface area contributed by atoms with Crippen LogP contribution in [-0.2, 0) is 11.8 Å². The Bertz CT molecular complexity index is 658. The van der Waals surface area contributed by atoms with Gasteiger partial charge in [-0.2, -0.15) is 10.2 Å². The van der Waals surface area contributed by atoms with Gasteiger partial charge in [-0.15, -0.1) is 0 Å². The second-order valence-electron chi connectivity index (χ2n) is 4.44. The van der Waals surface area contributed by atoms with Gasteiger partial charge in [0, 0.05) is 19.3 Å². The van der Waals surface area contributed by atoms with Crippen molar-refractivity contribution in [3.8, 4) is 0 Å². The summed E-state index contributed by atoms with van der Waals surface area (Å²) in [5.74, 6) is -0.875. The number of anilines is 1. The lowest BCUT2D eigenvalue weighted by atomic mass is 10.3. The topological polar surface area (TPSA) is 102 Å². The summed E-state index contributed by atoms with van der Waals surface area (Å²) in [6.07, 6.45) is 1.46. The molecule has 0 aliphatic carbocycles. The lowest BCUT2D eigenvalue weighted by Crippen LogP contribution is -2.19. The first kappa shape index (κ1) is 13.8. The summed E-state index contributed by atoms with van der Waals surface area (Å²) in [5.41, 5.74) is 0.935. The summed E-state index contributed by atoms with van der Waals surface area (Å²) < 4.78 is 2.77. The van der Waals surface area contributed by atoms with Crippen LogP contribution >= 0.6 is 0 Å². The molecule has 20 heavy (non-hydrogen) atoms. The van der Waals surface area contributed by atoms with Crippen LogP contribution in [-0.4, -0.2) is 36.5 Å². The summed E-state index contributed by atoms with van der Waals surface area (Å²) in [5, 5.41) is 19.6. The van der Waals surface area contributed by atoms with E-state index in [1.165, 1.54) is 23.9 Å². The molecule has 106 valence electrons. The molecule has 2 N–H and O–H groups in total. The monoisotopic (exact) mass is 277 g/mol. The fourth-order valence-corrected chi connectivity index (χ4v) is 1.70. The van der Waals surface area contributed by atoms with Gasteiger partial charge in [-0.25, -0.2) is 4.79 Å². The predicted molar refractivity (Wildman–Crippen MR) is 70.5 cm³/mol. The number of carbonyl (C=O) groups excluding carboxylic acids is 1. The molecular weight excluding hydrogens is 262 g/mol. The van der Waals surface area contributed by atoms with Crippen LogP contribution in [0.15, 0.2) is 18.3 Å². The number of carboxylic acid groups (broad SMARTS) is 1. The third-order valence-corrected chi connectivity index (χ3v) is 2.84. The second-order valence-corrected chi connectivity index (χ2v) is 4.44. The Hall–Kier alpha value is -2.64. The number of hydrogen-bond donors (Lipinski definition) is 2. The number of aryl methyl sites for hydroxylation is 2. The Kier molecular flexibility index (Phi) is 3.55. The predicted octanol–water partition coefficient (Wildman–Crippen LogP) is 0.823. The van der Waals surface area contributed by atoms with Crippen molar-refractivity contribution in [1.29, 1.82) is 0 Å². The van der Waals surface area contributed by atoms with Crippen molar-refractivity contribution in [3.05, 3.63) is 29.7 Å². The average molecular weight is 277 g/mol. The highest BCUT2D eigenvalue weighted by molar-refractivity contribution is 6.02. The number of carbonyl (C=O) groups is 2. The van der Waals surface area contributed by atoms with Gasteiger partial charge in [-0.3, -0.25) is 14.2 Å². The standard InChI is InChI=1S/C12H15N5O3/c1-7-6-10(16(3)14-7)13-11(18)9-4-5-17(15-9)8(2)12(19)20/h4-6,8H,1-3H3,(H,13,18)(H,19,20). The van der Waals surface area contributed by atoms with Gasteiger partial charge in [-0.05, 0) is 19.9 Å². The zero-order chi connectivity index (χ0) is 14.9. The Morgan fingerprint density at radius 2 is 2.10 bits per heavy atom. The smallest absolute Gasteiger partial charge is 0.328 e. The number of nitrogens with one attached hydrogen (secondary N) is 1. The molecule has 0 aromatic carbocycles. The minimum Gasteiger partial charge on any atom is -0.480 e. The first-order valence-electron chi connectivity index (χ1n) is 5.98. The van der Waals surface area contributed by atoms with Crippen molar-refractivity contribution in [2.45, 2.75) is 19.9 Å². The van der Waals surface area contributed by atoms with E-state index in [4.69, 9.17) is 5.11 Å². The maximum atomic E-state index is 12.0. The molecule has 0 radical (unpaired) electrons. The molecule has 0 aliphatic heterocycles. The van der Waals surface area contributed by atoms with E-state index in [2.05, 4.69) is 15.5 Å². The quantitative estimate of drug-likeness (QED) is 0.861. The van der Waals surface area contributed by atoms with E-state index in [9.17, 15) is 9.59 Å². The molecular formula is C12H15N5O3. The normalized spacial score (nSPS) is 12.2. The van der Waals surface area contributed by atoms with Gasteiger partial charge in [0.25, 0.3) is 5.91 Å². The van der Waals surface area contributed by atoms with Gasteiger partial charge in [0.15, 0.2) is 5.69 Å². The van der Waals surface area contributed by atoms with Crippen LogP contribution < -0.4 is 5.32 Å². The molecule has 2 heterocycles. The van der Waals surface area contributed by atoms with Crippen LogP contribution in [0.25, 0.3) is 0 Å². The molecule has 2 rings (SSSR count). The minimum absolute atomic E-state index is 0.150. The average Bonchev–Trinajstić information content (AvgIpc) is 2.96. The maximum absolute atomic E-state index is 12.0. The molecule has 0 fully saturated rings. The zero-order valence-corrected chi connectivity index (χ0v) is 11.4. The Balaban J connectivity index is 2.14. The Morgan fingerprint density at radius 1 is 1.40 bits per heavy atom. The first-order valence-corrected chi connectivity index (χ1v) is 5.98. The number of nitrogens with zero attached hydrogens (tertiary/aromatic N) is 4. The highest BCUT2D eigenvalue weighted by Crippen LogP contribution is 2.11. The molecule has 8 nitrogen and oxygen atoms in total. The van der Waals surface area contributed by atoms with Crippen LogP contribution in [0.1, 0.15) is 29.1 Å². The molecule has 2 aromatic heterocycles. The molecule has 1 unspecified atom stereocenters. The van der Waals surface area contributed by atoms with Crippen LogP contribution in [0.2, 0.25) is 0 Å². The van der Waals surface area contributed by atoms with Crippen molar-refractivity contribution >= 4 is 17.7 Å². The first-order chi connectivity index (χ1) is 9.38. The van der Waals surface area contributed by atoms with E-state index >= 15 is 0 Å². The molecule has 1 atom stereocenters. The molecule has 0 bridgehead atoms. The van der Waals surface area contributed by atoms with Gasteiger partial charge < -0.3 is 10.4 Å². The molecule has 0 saturated heterocycles. The number of amides is 1. The summed E-state index contributed by atoms with van der Waals surface area (Å²) in [7, 11) is 1.72. The van der Waals surface area contributed by atoms with Crippen molar-refractivity contribution in [3.63, 3.8) is 0 Å². The Morgan fingerprint density at radius 3 is 2.65 bits per heavy atom. The lowest BCUT2D eigenvalue weighted by Gasteiger charge is -2.06. The van der Waals surface area contributed by atoms with Gasteiger partial charge in [0.05, 0.1) is 5.69 Å². The molecule has 0 spiro atoms. The number of rotatable bonds is 4. The van der Waals surface area contributed by atoms with Crippen molar-refractivity contribution in [1.82, 2.24) is 19.6 Å². The van der Waals surface area contributed by atoms with E-state index in [1.54, 1.807) is 17.8 Å². The number of hydrogen-bond acceptors (Lipinski definition) is 4. The van der Waals surface area contributed by atoms with Crippen LogP contribution in [0, 0.1) is 6.92 Å². The van der Waals surface area contributed by atoms with Gasteiger partial charge in [-0.1, -0.05) is 0 Å². The molecule has 8 heteroatoms. The van der Waals surface area contributed by atoms with E-state index in [0.29, 0.717) is 5.82 Å². The summed E-state index contributed by atoms with van der Waals surface area (Å²) in [4.78, 5) is 22.9. The zero-order valence-electron chi connectivity index (χ0n) is 11.4. The number of aromatic nitrogens is 4. The maximum Gasteiger partial charge on any atom is 0.328 e. The summed E-state index contributed by atoms with van der Waals surface area (Å²) >= 11 is 0. The fraction of sp³-hybridized carbons (Fsp3) is 0.333. The van der Waals surface area contributed by atoms with E-state index in [-0.39, 0.29) is 5.69 Å². The van der Waals surface area contributed by atoms with Gasteiger partial charge in [0.1, 0.15) is 11.9 Å². The number of aliphatic carboxylic acids is 1. The molecule has 1 amide bonds. The van der Waals surface area contributed by atoms with Crippen molar-refractivity contribution < 1.29 is 14.7 Å². The highest BCUT2D eigenvalue weighted by atomic mass is 16.4. The largest absolute Gasteiger partial charge is 0.480 e. The lowest BCUT2D eigenvalue weighted by molar-refractivity contribution is -0.140. The van der Waals surface area contributed by atoms with Crippen molar-refractivity contribution in [2.24, 2.45) is 7.05 Å². The fourth-order valence-electron chi connectivity index (χ4n) is 1.70. The summed E-state index contributed by atoms with van der Waals surface area (Å²) in [6.45, 7) is 3.31. The van der Waals surface area contributed by atoms with Crippen LogP contribution in [0.5, 0.6) is 0 Å². The molecule has 0 saturated carbocycles. The Labute approximate surface area is 115 Å². The minimum atomic E-state index is -1.01. The molecule has 2 aromatic rings. The highest BCUT2D eigenvalue weighted by Gasteiger charge is 2.17. The third-order valence-electron chi connectivity index (χ3n) is 2.84. The summed E-state index contributed by atoms with van der Waals surface area (Å²) in [6, 6.07) is 2.38. The van der Waals surface area contributed by atoms with E-state index in [0.717, 1.165) is 5.69 Å².